The molecule has 0 saturated heterocycles. The molecule has 0 radical (unpaired) electrons. The molecule has 45 heavy (non-hydrogen) atoms. The zero-order valence-electron chi connectivity index (χ0n) is 21.9. The van der Waals surface area contributed by atoms with Gasteiger partial charge in [-0.3, -0.25) is 0 Å². The number of halogens is 6. The van der Waals surface area contributed by atoms with E-state index in [9.17, 15) is 45.8 Å². The van der Waals surface area contributed by atoms with Crippen molar-refractivity contribution in [1.29, 1.82) is 0 Å². The summed E-state index contributed by atoms with van der Waals surface area (Å²) in [7, 11) is 0. The Morgan fingerprint density at radius 1 is 0.578 bits per heavy atom. The normalized spacial score (nSPS) is 11.9. The maximum absolute atomic E-state index is 13.5. The van der Waals surface area contributed by atoms with Crippen molar-refractivity contribution in [3.05, 3.63) is 94.8 Å². The minimum absolute atomic E-state index is 0.0123. The van der Waals surface area contributed by atoms with Crippen molar-refractivity contribution in [2.75, 3.05) is 0 Å². The van der Waals surface area contributed by atoms with E-state index in [0.29, 0.717) is 12.1 Å². The van der Waals surface area contributed by atoms with E-state index in [1.165, 1.54) is 30.6 Å². The molecule has 5 aromatic rings. The van der Waals surface area contributed by atoms with Gasteiger partial charge in [0.1, 0.15) is 11.4 Å². The van der Waals surface area contributed by atoms with Crippen molar-refractivity contribution in [3.8, 4) is 33.9 Å². The fourth-order valence-electron chi connectivity index (χ4n) is 4.28. The highest BCUT2D eigenvalue weighted by molar-refractivity contribution is 5.92. The second-order valence-corrected chi connectivity index (χ2v) is 9.27. The molecule has 3 N–H and O–H groups in total. The maximum Gasteiger partial charge on any atom is 0.417 e. The number of hydrogen-bond donors (Lipinski definition) is 3. The topological polar surface area (TPSA) is 173 Å². The van der Waals surface area contributed by atoms with Crippen LogP contribution >= 0.6 is 0 Å². The fourth-order valence-corrected chi connectivity index (χ4v) is 4.28. The first-order valence-electron chi connectivity index (χ1n) is 12.2. The third-order valence-electron chi connectivity index (χ3n) is 6.37. The third kappa shape index (κ3) is 6.05. The number of benzene rings is 3. The van der Waals surface area contributed by atoms with Crippen LogP contribution in [0.1, 0.15) is 42.2 Å². The van der Waals surface area contributed by atoms with Crippen LogP contribution in [0.4, 0.5) is 26.3 Å². The lowest BCUT2D eigenvalue weighted by atomic mass is 10.0. The molecule has 3 aromatic carbocycles. The molecule has 0 bridgehead atoms. The molecule has 5 rings (SSSR count). The predicted octanol–water partition coefficient (Wildman–Crippen LogP) is 5.31. The van der Waals surface area contributed by atoms with E-state index in [4.69, 9.17) is 10.2 Å². The number of hydrogen-bond acceptors (Lipinski definition) is 7. The Morgan fingerprint density at radius 2 is 0.978 bits per heavy atom. The molecule has 0 atom stereocenters. The molecule has 230 valence electrons. The quantitative estimate of drug-likeness (QED) is 0.200. The minimum atomic E-state index is -5.00. The molecule has 0 unspecified atom stereocenters. The number of alkyl halides is 6. The summed E-state index contributed by atoms with van der Waals surface area (Å²) < 4.78 is 82.7. The lowest BCUT2D eigenvalue weighted by molar-refractivity contribution is -0.138. The number of carboxylic acids is 3. The molecule has 2 heterocycles. The van der Waals surface area contributed by atoms with Gasteiger partial charge in [0.2, 0.25) is 0 Å². The molecule has 0 saturated carbocycles. The molecular formula is C27H14F6N6O6. The van der Waals surface area contributed by atoms with Crippen LogP contribution in [0.2, 0.25) is 0 Å². The molecule has 0 spiro atoms. The average molecular weight is 632 g/mol. The highest BCUT2D eigenvalue weighted by Crippen LogP contribution is 2.35. The van der Waals surface area contributed by atoms with Crippen molar-refractivity contribution in [2.45, 2.75) is 12.4 Å². The summed E-state index contributed by atoms with van der Waals surface area (Å²) in [6, 6.07) is 8.50. The van der Waals surface area contributed by atoms with Crippen LogP contribution in [0.15, 0.2) is 67.0 Å². The molecular weight excluding hydrogens is 618 g/mol. The van der Waals surface area contributed by atoms with E-state index < -0.39 is 52.5 Å². The van der Waals surface area contributed by atoms with Gasteiger partial charge in [0, 0.05) is 11.1 Å². The monoisotopic (exact) mass is 632 g/mol. The molecule has 0 aliphatic carbocycles. The smallest absolute Gasteiger partial charge is 0.417 e. The van der Waals surface area contributed by atoms with Gasteiger partial charge in [0.25, 0.3) is 0 Å². The first-order valence-corrected chi connectivity index (χ1v) is 12.2. The minimum Gasteiger partial charge on any atom is -0.478 e. The summed E-state index contributed by atoms with van der Waals surface area (Å²) in [4.78, 5) is 34.4. The Bertz CT molecular complexity index is 1870. The molecule has 0 amide bonds. The summed E-state index contributed by atoms with van der Waals surface area (Å²) >= 11 is 0. The SMILES string of the molecule is O=C(O)c1cc(-c2cn(-c3ccc(C(=O)O)c(C(F)(F)F)c3)nn2)cc(-c2cn(-c3ccc(C(=O)O)c(C(F)(F)F)c3)nn2)c1. The number of rotatable bonds is 7. The van der Waals surface area contributed by atoms with Crippen LogP contribution in [-0.2, 0) is 12.4 Å². The van der Waals surface area contributed by atoms with E-state index in [1.54, 1.807) is 0 Å². The molecule has 0 fully saturated rings. The Morgan fingerprint density at radius 3 is 1.31 bits per heavy atom. The zero-order valence-corrected chi connectivity index (χ0v) is 21.9. The van der Waals surface area contributed by atoms with Crippen molar-refractivity contribution in [1.82, 2.24) is 30.0 Å². The highest BCUT2D eigenvalue weighted by atomic mass is 19.4. The van der Waals surface area contributed by atoms with Crippen molar-refractivity contribution in [2.24, 2.45) is 0 Å². The van der Waals surface area contributed by atoms with Crippen molar-refractivity contribution < 1.29 is 56.0 Å². The number of carbonyl (C=O) groups is 3. The van der Waals surface area contributed by atoms with Crippen LogP contribution in [0.5, 0.6) is 0 Å². The summed E-state index contributed by atoms with van der Waals surface area (Å²) in [6.45, 7) is 0. The third-order valence-corrected chi connectivity index (χ3v) is 6.37. The standard InChI is InChI=1S/C27H14F6N6O6/c28-26(29,30)19-8-15(1-3-17(19)24(42)43)38-10-21(34-36-38)12-5-13(7-14(6-12)23(40)41)22-11-39(37-35-22)16-2-4-18(25(44)45)20(9-16)27(31,32)33/h1-11H,(H,40,41)(H,42,43)(H,44,45). The largest absolute Gasteiger partial charge is 0.478 e. The highest BCUT2D eigenvalue weighted by Gasteiger charge is 2.37. The first-order chi connectivity index (χ1) is 21.0. The Kier molecular flexibility index (Phi) is 7.35. The predicted molar refractivity (Wildman–Crippen MR) is 138 cm³/mol. The van der Waals surface area contributed by atoms with Gasteiger partial charge in [0.05, 0.1) is 51.6 Å². The molecule has 0 aliphatic rings. The molecule has 0 aliphatic heterocycles. The van der Waals surface area contributed by atoms with Crippen LogP contribution in [0.25, 0.3) is 33.9 Å². The Labute approximate surface area is 245 Å². The van der Waals surface area contributed by atoms with Gasteiger partial charge in [-0.1, -0.05) is 10.4 Å². The second kappa shape index (κ2) is 10.9. The average Bonchev–Trinajstić information content (AvgIpc) is 3.66. The zero-order chi connectivity index (χ0) is 32.8. The molecule has 18 heteroatoms. The van der Waals surface area contributed by atoms with E-state index in [0.717, 1.165) is 33.6 Å². The number of carboxylic acid groups (broad SMARTS) is 3. The van der Waals surface area contributed by atoms with Gasteiger partial charge < -0.3 is 15.3 Å². The number of nitrogens with zero attached hydrogens (tertiary/aromatic N) is 6. The summed E-state index contributed by atoms with van der Waals surface area (Å²) in [5, 5.41) is 43.2. The lowest BCUT2D eigenvalue weighted by Crippen LogP contribution is -2.14. The number of aromatic carboxylic acids is 3. The molecule has 2 aromatic heterocycles. The van der Waals surface area contributed by atoms with Gasteiger partial charge >= 0.3 is 30.3 Å². The summed E-state index contributed by atoms with van der Waals surface area (Å²) in [6.07, 6.45) is -7.66. The number of aromatic nitrogens is 6. The van der Waals surface area contributed by atoms with Gasteiger partial charge in [-0.05, 0) is 54.6 Å². The van der Waals surface area contributed by atoms with Gasteiger partial charge in [-0.2, -0.15) is 26.3 Å². The Hall–Kier alpha value is -6.07. The van der Waals surface area contributed by atoms with Crippen LogP contribution in [-0.4, -0.2) is 63.2 Å². The van der Waals surface area contributed by atoms with E-state index in [-0.39, 0.29) is 39.5 Å². The maximum atomic E-state index is 13.5. The van der Waals surface area contributed by atoms with Gasteiger partial charge in [0.15, 0.2) is 0 Å². The Balaban J connectivity index is 1.54. The summed E-state index contributed by atoms with van der Waals surface area (Å²) in [5.74, 6) is -4.97. The van der Waals surface area contributed by atoms with E-state index in [2.05, 4.69) is 20.6 Å². The van der Waals surface area contributed by atoms with Gasteiger partial charge in [-0.15, -0.1) is 10.2 Å². The summed E-state index contributed by atoms with van der Waals surface area (Å²) in [5.41, 5.74) is -5.32. The van der Waals surface area contributed by atoms with Crippen LogP contribution < -0.4 is 0 Å². The van der Waals surface area contributed by atoms with Crippen molar-refractivity contribution >= 4 is 17.9 Å². The molecule has 12 nitrogen and oxygen atoms in total. The van der Waals surface area contributed by atoms with Crippen molar-refractivity contribution in [3.63, 3.8) is 0 Å². The van der Waals surface area contributed by atoms with Crippen LogP contribution in [0, 0.1) is 0 Å². The fraction of sp³-hybridized carbons (Fsp3) is 0.0741. The van der Waals surface area contributed by atoms with Crippen LogP contribution in [0.3, 0.4) is 0 Å². The van der Waals surface area contributed by atoms with E-state index >= 15 is 0 Å². The van der Waals surface area contributed by atoms with Gasteiger partial charge in [-0.25, -0.2) is 23.7 Å². The van der Waals surface area contributed by atoms with E-state index in [1.807, 2.05) is 0 Å². The first kappa shape index (κ1) is 30.4. The lowest BCUT2D eigenvalue weighted by Gasteiger charge is -2.12. The second-order valence-electron chi connectivity index (χ2n) is 9.27.